The smallest absolute Gasteiger partial charge is 0.309 e. The second-order valence-corrected chi connectivity index (χ2v) is 4.30. The lowest BCUT2D eigenvalue weighted by Gasteiger charge is -2.17. The zero-order chi connectivity index (χ0) is 11.1. The van der Waals surface area contributed by atoms with Crippen LogP contribution in [0.15, 0.2) is 0 Å². The predicted octanol–water partition coefficient (Wildman–Crippen LogP) is 1.68. The molecule has 0 saturated carbocycles. The molecule has 3 heteroatoms. The highest BCUT2D eigenvalue weighted by atomic mass is 16.5. The normalized spacial score (nSPS) is 15.3. The van der Waals surface area contributed by atoms with E-state index >= 15 is 0 Å². The number of ether oxygens (including phenoxy) is 1. The van der Waals surface area contributed by atoms with E-state index in [0.717, 1.165) is 6.54 Å². The number of nitrogens with one attached hydrogen (secondary N) is 1. The molecule has 0 saturated heterocycles. The Balaban J connectivity index is 3.58. The molecule has 0 heterocycles. The zero-order valence-corrected chi connectivity index (χ0v) is 9.96. The first kappa shape index (κ1) is 13.4. The van der Waals surface area contributed by atoms with Gasteiger partial charge >= 0.3 is 5.97 Å². The summed E-state index contributed by atoms with van der Waals surface area (Å²) < 4.78 is 4.64. The van der Waals surface area contributed by atoms with Crippen LogP contribution in [0.1, 0.15) is 27.7 Å². The van der Waals surface area contributed by atoms with Gasteiger partial charge in [-0.2, -0.15) is 0 Å². The van der Waals surface area contributed by atoms with Crippen molar-refractivity contribution in [3.05, 3.63) is 0 Å². The lowest BCUT2D eigenvalue weighted by atomic mass is 9.98. The van der Waals surface area contributed by atoms with Crippen molar-refractivity contribution >= 4 is 5.97 Å². The number of carbonyl (C=O) groups excluding carboxylic acids is 1. The maximum Gasteiger partial charge on any atom is 0.309 e. The van der Waals surface area contributed by atoms with Crippen molar-refractivity contribution in [1.29, 1.82) is 0 Å². The average molecular weight is 201 g/mol. The van der Waals surface area contributed by atoms with E-state index < -0.39 is 0 Å². The molecule has 0 radical (unpaired) electrons. The molecule has 2 atom stereocenters. The van der Waals surface area contributed by atoms with Crippen LogP contribution in [0.3, 0.4) is 0 Å². The lowest BCUT2D eigenvalue weighted by Crippen LogP contribution is -2.31. The number of methoxy groups -OCH3 is 1. The first-order valence-corrected chi connectivity index (χ1v) is 5.27. The van der Waals surface area contributed by atoms with Crippen LogP contribution in [0.25, 0.3) is 0 Å². The Morgan fingerprint density at radius 2 is 1.79 bits per heavy atom. The Bertz CT molecular complexity index is 169. The van der Waals surface area contributed by atoms with Crippen molar-refractivity contribution < 1.29 is 9.53 Å². The molecule has 3 nitrogen and oxygen atoms in total. The van der Waals surface area contributed by atoms with E-state index in [2.05, 4.69) is 30.8 Å². The van der Waals surface area contributed by atoms with Gasteiger partial charge in [-0.1, -0.05) is 27.7 Å². The van der Waals surface area contributed by atoms with Crippen LogP contribution in [0.4, 0.5) is 0 Å². The molecule has 0 fully saturated rings. The highest BCUT2D eigenvalue weighted by molar-refractivity contribution is 5.71. The van der Waals surface area contributed by atoms with Gasteiger partial charge in [0.15, 0.2) is 0 Å². The Morgan fingerprint density at radius 1 is 1.21 bits per heavy atom. The van der Waals surface area contributed by atoms with Gasteiger partial charge in [-0.25, -0.2) is 0 Å². The summed E-state index contributed by atoms with van der Waals surface area (Å²) in [5.74, 6) is 1.12. The summed E-state index contributed by atoms with van der Waals surface area (Å²) in [6.45, 7) is 10.1. The molecule has 0 bridgehead atoms. The summed E-state index contributed by atoms with van der Waals surface area (Å²) in [6.07, 6.45) is 0. The summed E-state index contributed by atoms with van der Waals surface area (Å²) >= 11 is 0. The Hall–Kier alpha value is -0.570. The topological polar surface area (TPSA) is 38.3 Å². The molecule has 0 aliphatic heterocycles. The Kier molecular flexibility index (Phi) is 6.54. The molecule has 0 rings (SSSR count). The standard InChI is InChI=1S/C11H23NO2/c1-8(2)9(3)6-12-7-10(4)11(13)14-5/h8-10,12H,6-7H2,1-5H3. The van der Waals surface area contributed by atoms with Crippen LogP contribution in [0.5, 0.6) is 0 Å². The van der Waals surface area contributed by atoms with Crippen molar-refractivity contribution in [1.82, 2.24) is 5.32 Å². The minimum atomic E-state index is -0.144. The molecule has 0 amide bonds. The van der Waals surface area contributed by atoms with Crippen LogP contribution >= 0.6 is 0 Å². The van der Waals surface area contributed by atoms with E-state index in [9.17, 15) is 4.79 Å². The van der Waals surface area contributed by atoms with Gasteiger partial charge in [-0.05, 0) is 18.4 Å². The van der Waals surface area contributed by atoms with Gasteiger partial charge in [0.05, 0.1) is 13.0 Å². The van der Waals surface area contributed by atoms with Gasteiger partial charge in [0, 0.05) is 6.54 Å². The Labute approximate surface area is 87.2 Å². The fourth-order valence-corrected chi connectivity index (χ4v) is 1.05. The average Bonchev–Trinajstić information content (AvgIpc) is 2.15. The number of rotatable bonds is 6. The van der Waals surface area contributed by atoms with E-state index in [0.29, 0.717) is 18.4 Å². The molecule has 0 aromatic carbocycles. The van der Waals surface area contributed by atoms with E-state index in [-0.39, 0.29) is 11.9 Å². The van der Waals surface area contributed by atoms with Crippen LogP contribution in [-0.4, -0.2) is 26.2 Å². The van der Waals surface area contributed by atoms with Crippen LogP contribution in [0.2, 0.25) is 0 Å². The third-order valence-corrected chi connectivity index (χ3v) is 2.66. The molecule has 0 aromatic rings. The van der Waals surface area contributed by atoms with Crippen LogP contribution < -0.4 is 5.32 Å². The van der Waals surface area contributed by atoms with Crippen molar-refractivity contribution in [3.8, 4) is 0 Å². The lowest BCUT2D eigenvalue weighted by molar-refractivity contribution is -0.144. The molecule has 0 aromatic heterocycles. The van der Waals surface area contributed by atoms with E-state index in [4.69, 9.17) is 0 Å². The van der Waals surface area contributed by atoms with Crippen LogP contribution in [-0.2, 0) is 9.53 Å². The first-order chi connectivity index (χ1) is 6.49. The van der Waals surface area contributed by atoms with E-state index in [1.165, 1.54) is 7.11 Å². The number of hydrogen-bond acceptors (Lipinski definition) is 3. The van der Waals surface area contributed by atoms with Crippen molar-refractivity contribution in [2.24, 2.45) is 17.8 Å². The summed E-state index contributed by atoms with van der Waals surface area (Å²) in [5.41, 5.74) is 0. The van der Waals surface area contributed by atoms with Gasteiger partial charge in [-0.15, -0.1) is 0 Å². The van der Waals surface area contributed by atoms with Gasteiger partial charge < -0.3 is 10.1 Å². The third kappa shape index (κ3) is 5.22. The van der Waals surface area contributed by atoms with Crippen molar-refractivity contribution in [3.63, 3.8) is 0 Å². The second-order valence-electron chi connectivity index (χ2n) is 4.30. The molecule has 0 aliphatic carbocycles. The minimum absolute atomic E-state index is 0.0561. The third-order valence-electron chi connectivity index (χ3n) is 2.66. The van der Waals surface area contributed by atoms with Crippen molar-refractivity contribution in [2.45, 2.75) is 27.7 Å². The van der Waals surface area contributed by atoms with Crippen LogP contribution in [0, 0.1) is 17.8 Å². The molecule has 0 aliphatic rings. The quantitative estimate of drug-likeness (QED) is 0.664. The summed E-state index contributed by atoms with van der Waals surface area (Å²) in [5, 5.41) is 3.28. The van der Waals surface area contributed by atoms with Gasteiger partial charge in [0.1, 0.15) is 0 Å². The zero-order valence-electron chi connectivity index (χ0n) is 9.96. The first-order valence-electron chi connectivity index (χ1n) is 5.27. The number of esters is 1. The SMILES string of the molecule is COC(=O)C(C)CNCC(C)C(C)C. The van der Waals surface area contributed by atoms with E-state index in [1.54, 1.807) is 0 Å². The van der Waals surface area contributed by atoms with Gasteiger partial charge in [0.2, 0.25) is 0 Å². The fourth-order valence-electron chi connectivity index (χ4n) is 1.05. The molecule has 1 N–H and O–H groups in total. The van der Waals surface area contributed by atoms with Gasteiger partial charge in [0.25, 0.3) is 0 Å². The monoisotopic (exact) mass is 201 g/mol. The van der Waals surface area contributed by atoms with Crippen molar-refractivity contribution in [2.75, 3.05) is 20.2 Å². The number of hydrogen-bond donors (Lipinski definition) is 1. The Morgan fingerprint density at radius 3 is 2.21 bits per heavy atom. The maximum atomic E-state index is 11.1. The fraction of sp³-hybridized carbons (Fsp3) is 0.909. The maximum absolute atomic E-state index is 11.1. The second kappa shape index (κ2) is 6.82. The minimum Gasteiger partial charge on any atom is -0.469 e. The molecule has 0 spiro atoms. The summed E-state index contributed by atoms with van der Waals surface area (Å²) in [7, 11) is 1.43. The highest BCUT2D eigenvalue weighted by Gasteiger charge is 2.13. The van der Waals surface area contributed by atoms with E-state index in [1.807, 2.05) is 6.92 Å². The predicted molar refractivity (Wildman–Crippen MR) is 58.1 cm³/mol. The molecular weight excluding hydrogens is 178 g/mol. The molecule has 84 valence electrons. The molecular formula is C11H23NO2. The van der Waals surface area contributed by atoms with Gasteiger partial charge in [-0.3, -0.25) is 4.79 Å². The largest absolute Gasteiger partial charge is 0.469 e. The summed E-state index contributed by atoms with van der Waals surface area (Å²) in [4.78, 5) is 11.1. The summed E-state index contributed by atoms with van der Waals surface area (Å²) in [6, 6.07) is 0. The number of carbonyl (C=O) groups is 1. The highest BCUT2D eigenvalue weighted by Crippen LogP contribution is 2.07. The molecule has 2 unspecified atom stereocenters. The molecule has 14 heavy (non-hydrogen) atoms.